The van der Waals surface area contributed by atoms with Crippen LogP contribution < -0.4 is 0 Å². The fraction of sp³-hybridized carbons (Fsp3) is 0.938. The van der Waals surface area contributed by atoms with E-state index in [1.807, 2.05) is 11.8 Å². The Labute approximate surface area is 137 Å². The number of rotatable bonds is 10. The van der Waals surface area contributed by atoms with Gasteiger partial charge >= 0.3 is 0 Å². The van der Waals surface area contributed by atoms with Crippen molar-refractivity contribution in [2.45, 2.75) is 81.2 Å². The van der Waals surface area contributed by atoms with E-state index in [9.17, 15) is 9.90 Å². The van der Waals surface area contributed by atoms with Crippen LogP contribution in [0.15, 0.2) is 0 Å². The van der Waals surface area contributed by atoms with Crippen LogP contribution in [0.1, 0.15) is 71.6 Å². The van der Waals surface area contributed by atoms with E-state index in [2.05, 4.69) is 29.5 Å². The first-order chi connectivity index (χ1) is 9.56. The van der Waals surface area contributed by atoms with Crippen molar-refractivity contribution in [2.75, 3.05) is 13.1 Å². The second kappa shape index (κ2) is 9.23. The molecule has 1 amide bonds. The number of unbranched alkanes of at least 4 members (excludes halogenated alkanes) is 6. The lowest BCUT2D eigenvalue weighted by Crippen LogP contribution is -2.44. The molecule has 0 aromatic rings. The third kappa shape index (κ3) is 4.86. The summed E-state index contributed by atoms with van der Waals surface area (Å²) < 4.78 is -0.560. The van der Waals surface area contributed by atoms with Crippen molar-refractivity contribution in [2.24, 2.45) is 0 Å². The molecule has 0 aliphatic carbocycles. The highest BCUT2D eigenvalue weighted by molar-refractivity contribution is 14.1. The Hall–Kier alpha value is 0.160. The summed E-state index contributed by atoms with van der Waals surface area (Å²) in [4.78, 5) is 14.1. The smallest absolute Gasteiger partial charge is 0.241 e. The summed E-state index contributed by atoms with van der Waals surface area (Å²) in [6, 6.07) is 0. The second-order valence-electron chi connectivity index (χ2n) is 5.92. The Balaban J connectivity index is 2.22. The van der Waals surface area contributed by atoms with E-state index in [0.29, 0.717) is 0 Å². The van der Waals surface area contributed by atoms with E-state index >= 15 is 0 Å². The molecule has 1 saturated heterocycles. The predicted molar refractivity (Wildman–Crippen MR) is 92.2 cm³/mol. The van der Waals surface area contributed by atoms with Crippen LogP contribution in [-0.4, -0.2) is 38.5 Å². The summed E-state index contributed by atoms with van der Waals surface area (Å²) in [5.74, 6) is 0.135. The molecular weight excluding hydrogens is 365 g/mol. The lowest BCUT2D eigenvalue weighted by molar-refractivity contribution is -0.131. The largest absolute Gasteiger partial charge is 0.391 e. The number of carbonyl (C=O) groups is 1. The molecule has 0 aromatic heterocycles. The highest BCUT2D eigenvalue weighted by atomic mass is 127. The van der Waals surface area contributed by atoms with Crippen LogP contribution in [0.25, 0.3) is 0 Å². The molecule has 1 aliphatic heterocycles. The average Bonchev–Trinajstić information content (AvgIpc) is 2.74. The molecule has 1 N–H and O–H groups in total. The number of nitrogens with zero attached hydrogens (tertiary/aromatic N) is 1. The van der Waals surface area contributed by atoms with E-state index in [1.54, 1.807) is 0 Å². The molecule has 3 nitrogen and oxygen atoms in total. The van der Waals surface area contributed by atoms with Crippen molar-refractivity contribution >= 4 is 28.5 Å². The summed E-state index contributed by atoms with van der Waals surface area (Å²) in [5.41, 5.74) is 0. The maximum atomic E-state index is 12.3. The number of aliphatic hydroxyl groups is 1. The maximum Gasteiger partial charge on any atom is 0.241 e. The van der Waals surface area contributed by atoms with Gasteiger partial charge in [-0.1, -0.05) is 74.5 Å². The number of hydrogen-bond donors (Lipinski definition) is 1. The van der Waals surface area contributed by atoms with Crippen LogP contribution in [0.2, 0.25) is 0 Å². The average molecular weight is 395 g/mol. The highest BCUT2D eigenvalue weighted by Gasteiger charge is 2.48. The van der Waals surface area contributed by atoms with Crippen molar-refractivity contribution in [3.63, 3.8) is 0 Å². The second-order valence-corrected chi connectivity index (χ2v) is 7.85. The van der Waals surface area contributed by atoms with Crippen molar-refractivity contribution in [1.29, 1.82) is 0 Å². The lowest BCUT2D eigenvalue weighted by Gasteiger charge is -2.26. The minimum Gasteiger partial charge on any atom is -0.391 e. The van der Waals surface area contributed by atoms with Crippen LogP contribution in [0.4, 0.5) is 0 Å². The minimum absolute atomic E-state index is 0.135. The summed E-state index contributed by atoms with van der Waals surface area (Å²) in [5, 5.41) is 10.4. The zero-order valence-electron chi connectivity index (χ0n) is 13.0. The van der Waals surface area contributed by atoms with E-state index in [-0.39, 0.29) is 5.91 Å². The standard InChI is InChI=1S/C16H30INO2/c1-3-5-6-7-8-9-10-11-14(19)16(17)12-13-18(4-2)15(16)20/h14,19H,3-13H2,1-2H3. The first kappa shape index (κ1) is 18.2. The molecule has 4 heteroatoms. The molecule has 0 spiro atoms. The number of alkyl halides is 1. The molecule has 0 radical (unpaired) electrons. The topological polar surface area (TPSA) is 40.5 Å². The van der Waals surface area contributed by atoms with Gasteiger partial charge in [0.1, 0.15) is 3.42 Å². The number of halogens is 1. The summed E-state index contributed by atoms with van der Waals surface area (Å²) in [6.07, 6.45) is 9.81. The van der Waals surface area contributed by atoms with Gasteiger partial charge in [0.2, 0.25) is 5.91 Å². The van der Waals surface area contributed by atoms with Crippen LogP contribution in [0.5, 0.6) is 0 Å². The van der Waals surface area contributed by atoms with Gasteiger partial charge in [0.25, 0.3) is 0 Å². The zero-order chi connectivity index (χ0) is 15.0. The van der Waals surface area contributed by atoms with Gasteiger partial charge < -0.3 is 10.0 Å². The zero-order valence-corrected chi connectivity index (χ0v) is 15.2. The predicted octanol–water partition coefficient (Wildman–Crippen LogP) is 3.91. The quantitative estimate of drug-likeness (QED) is 0.346. The number of aliphatic hydroxyl groups excluding tert-OH is 1. The van der Waals surface area contributed by atoms with Gasteiger partial charge in [0.15, 0.2) is 0 Å². The normalized spacial score (nSPS) is 24.4. The van der Waals surface area contributed by atoms with E-state index < -0.39 is 9.53 Å². The Bertz CT molecular complexity index is 298. The van der Waals surface area contributed by atoms with Gasteiger partial charge in [-0.05, 0) is 19.8 Å². The molecule has 1 rings (SSSR count). The van der Waals surface area contributed by atoms with Gasteiger partial charge in [0.05, 0.1) is 6.10 Å². The molecule has 0 saturated carbocycles. The van der Waals surface area contributed by atoms with Crippen LogP contribution in [0, 0.1) is 0 Å². The summed E-state index contributed by atoms with van der Waals surface area (Å²) >= 11 is 2.19. The molecule has 20 heavy (non-hydrogen) atoms. The number of likely N-dealkylation sites (tertiary alicyclic amines) is 1. The first-order valence-corrected chi connectivity index (χ1v) is 9.30. The number of amides is 1. The molecule has 2 unspecified atom stereocenters. The van der Waals surface area contributed by atoms with Gasteiger partial charge in [-0.25, -0.2) is 0 Å². The molecule has 1 fully saturated rings. The van der Waals surface area contributed by atoms with Gasteiger partial charge in [-0.15, -0.1) is 0 Å². The van der Waals surface area contributed by atoms with Crippen LogP contribution in [-0.2, 0) is 4.79 Å². The highest BCUT2D eigenvalue weighted by Crippen LogP contribution is 2.37. The monoisotopic (exact) mass is 395 g/mol. The molecule has 1 heterocycles. The first-order valence-electron chi connectivity index (χ1n) is 8.22. The van der Waals surface area contributed by atoms with Crippen molar-refractivity contribution in [3.8, 4) is 0 Å². The molecular formula is C16H30INO2. The third-order valence-corrected chi connectivity index (χ3v) is 6.10. The van der Waals surface area contributed by atoms with E-state index in [1.165, 1.54) is 38.5 Å². The minimum atomic E-state index is -0.560. The number of hydrogen-bond acceptors (Lipinski definition) is 2. The molecule has 0 aromatic carbocycles. The Morgan fingerprint density at radius 2 is 1.80 bits per heavy atom. The molecule has 1 aliphatic rings. The fourth-order valence-electron chi connectivity index (χ4n) is 2.90. The van der Waals surface area contributed by atoms with Gasteiger partial charge in [-0.2, -0.15) is 0 Å². The molecule has 2 atom stereocenters. The number of carbonyl (C=O) groups excluding carboxylic acids is 1. The molecule has 0 bridgehead atoms. The Morgan fingerprint density at radius 1 is 1.20 bits per heavy atom. The SMILES string of the molecule is CCCCCCCCCC(O)C1(I)CCN(CC)C1=O. The lowest BCUT2D eigenvalue weighted by atomic mass is 9.95. The summed E-state index contributed by atoms with van der Waals surface area (Å²) in [6.45, 7) is 5.79. The maximum absolute atomic E-state index is 12.3. The van der Waals surface area contributed by atoms with Crippen LogP contribution in [0.3, 0.4) is 0 Å². The van der Waals surface area contributed by atoms with Gasteiger partial charge in [0, 0.05) is 13.1 Å². The Morgan fingerprint density at radius 3 is 2.35 bits per heavy atom. The van der Waals surface area contributed by atoms with Crippen molar-refractivity contribution < 1.29 is 9.90 Å². The summed E-state index contributed by atoms with van der Waals surface area (Å²) in [7, 11) is 0. The van der Waals surface area contributed by atoms with Crippen LogP contribution >= 0.6 is 22.6 Å². The Kier molecular flexibility index (Phi) is 8.41. The third-order valence-electron chi connectivity index (χ3n) is 4.38. The van der Waals surface area contributed by atoms with E-state index in [4.69, 9.17) is 0 Å². The molecule has 118 valence electrons. The van der Waals surface area contributed by atoms with Crippen molar-refractivity contribution in [3.05, 3.63) is 0 Å². The van der Waals surface area contributed by atoms with Crippen molar-refractivity contribution in [1.82, 2.24) is 4.90 Å². The fourth-order valence-corrected chi connectivity index (χ4v) is 3.80. The van der Waals surface area contributed by atoms with Gasteiger partial charge in [-0.3, -0.25) is 4.79 Å². The van der Waals surface area contributed by atoms with E-state index in [0.717, 1.165) is 32.4 Å².